The van der Waals surface area contributed by atoms with E-state index in [-0.39, 0.29) is 17.6 Å². The first-order valence-electron chi connectivity index (χ1n) is 10.6. The summed E-state index contributed by atoms with van der Waals surface area (Å²) in [5.74, 6) is -0.203. The third kappa shape index (κ3) is 5.98. The fourth-order valence-corrected chi connectivity index (χ4v) is 4.30. The molecule has 0 aliphatic carbocycles. The number of aromatic nitrogens is 1. The molecule has 1 heterocycles. The van der Waals surface area contributed by atoms with Crippen LogP contribution in [0.1, 0.15) is 45.2 Å². The molecule has 0 atom stereocenters. The molecule has 2 N–H and O–H groups in total. The minimum Gasteiger partial charge on any atom is -0.325 e. The van der Waals surface area contributed by atoms with Gasteiger partial charge >= 0.3 is 0 Å². The molecule has 0 unspecified atom stereocenters. The van der Waals surface area contributed by atoms with E-state index in [0.29, 0.717) is 10.6 Å². The number of hydrogen-bond donors (Lipinski definition) is 2. The molecular weight excluding hydrogens is 418 g/mol. The highest BCUT2D eigenvalue weighted by molar-refractivity contribution is 8.00. The van der Waals surface area contributed by atoms with Gasteiger partial charge in [-0.15, -0.1) is 0 Å². The maximum atomic E-state index is 13.1. The highest BCUT2D eigenvalue weighted by Crippen LogP contribution is 2.26. The lowest BCUT2D eigenvalue weighted by atomic mass is 10.1. The first-order chi connectivity index (χ1) is 15.3. The second-order valence-electron chi connectivity index (χ2n) is 7.90. The van der Waals surface area contributed by atoms with E-state index in [1.165, 1.54) is 22.9 Å². The molecule has 0 bridgehead atoms. The van der Waals surface area contributed by atoms with Gasteiger partial charge in [0.1, 0.15) is 5.03 Å². The van der Waals surface area contributed by atoms with E-state index in [1.54, 1.807) is 0 Å². The van der Waals surface area contributed by atoms with Gasteiger partial charge in [-0.2, -0.15) is 0 Å². The molecule has 0 fully saturated rings. The fraction of sp³-hybridized carbons (Fsp3) is 0.269. The number of nitrogens with one attached hydrogen (secondary N) is 2. The smallest absolute Gasteiger partial charge is 0.258 e. The van der Waals surface area contributed by atoms with Crippen LogP contribution in [-0.4, -0.2) is 22.6 Å². The van der Waals surface area contributed by atoms with Crippen LogP contribution in [0.2, 0.25) is 0 Å². The zero-order valence-corrected chi connectivity index (χ0v) is 20.0. The Labute approximate surface area is 194 Å². The number of amides is 2. The molecule has 32 heavy (non-hydrogen) atoms. The van der Waals surface area contributed by atoms with Crippen LogP contribution in [-0.2, 0) is 11.2 Å². The number of rotatable bonds is 7. The fourth-order valence-electron chi connectivity index (χ4n) is 3.35. The number of aryl methyl sites for hydroxylation is 5. The van der Waals surface area contributed by atoms with Crippen molar-refractivity contribution in [3.8, 4) is 0 Å². The van der Waals surface area contributed by atoms with E-state index in [9.17, 15) is 9.59 Å². The van der Waals surface area contributed by atoms with Crippen molar-refractivity contribution in [1.29, 1.82) is 0 Å². The van der Waals surface area contributed by atoms with Gasteiger partial charge in [-0.3, -0.25) is 9.59 Å². The second kappa shape index (κ2) is 10.5. The molecule has 0 aliphatic heterocycles. The number of thioether (sulfide) groups is 1. The summed E-state index contributed by atoms with van der Waals surface area (Å²) in [4.78, 5) is 30.1. The van der Waals surface area contributed by atoms with Gasteiger partial charge in [-0.25, -0.2) is 4.98 Å². The van der Waals surface area contributed by atoms with Crippen LogP contribution in [0.15, 0.2) is 53.6 Å². The highest BCUT2D eigenvalue weighted by atomic mass is 32.2. The van der Waals surface area contributed by atoms with Crippen molar-refractivity contribution in [2.75, 3.05) is 16.4 Å². The number of carbonyl (C=O) groups is 2. The van der Waals surface area contributed by atoms with Crippen LogP contribution in [0, 0.1) is 27.7 Å². The molecule has 0 aliphatic rings. The van der Waals surface area contributed by atoms with Gasteiger partial charge in [-0.05, 0) is 86.7 Å². The second-order valence-corrected chi connectivity index (χ2v) is 8.87. The Morgan fingerprint density at radius 1 is 0.844 bits per heavy atom. The van der Waals surface area contributed by atoms with E-state index in [2.05, 4.69) is 22.5 Å². The SMILES string of the molecule is CCc1ccc(NC(=O)c2c(C)cc(C)nc2SCC(=O)Nc2ccc(C)c(C)c2)cc1. The van der Waals surface area contributed by atoms with Crippen molar-refractivity contribution in [1.82, 2.24) is 4.98 Å². The Kier molecular flexibility index (Phi) is 7.70. The Morgan fingerprint density at radius 2 is 1.53 bits per heavy atom. The van der Waals surface area contributed by atoms with Gasteiger partial charge < -0.3 is 10.6 Å². The lowest BCUT2D eigenvalue weighted by Gasteiger charge is -2.13. The number of hydrogen-bond acceptors (Lipinski definition) is 4. The van der Waals surface area contributed by atoms with Crippen LogP contribution in [0.3, 0.4) is 0 Å². The lowest BCUT2D eigenvalue weighted by molar-refractivity contribution is -0.113. The lowest BCUT2D eigenvalue weighted by Crippen LogP contribution is -2.18. The summed E-state index contributed by atoms with van der Waals surface area (Å²) in [5.41, 5.74) is 7.15. The van der Waals surface area contributed by atoms with Crippen molar-refractivity contribution in [3.05, 3.63) is 82.0 Å². The molecular formula is C26H29N3O2S. The summed E-state index contributed by atoms with van der Waals surface area (Å²) in [6, 6.07) is 15.5. The quantitative estimate of drug-likeness (QED) is 0.445. The summed E-state index contributed by atoms with van der Waals surface area (Å²) in [7, 11) is 0. The number of carbonyl (C=O) groups excluding carboxylic acids is 2. The molecule has 0 radical (unpaired) electrons. The molecule has 5 nitrogen and oxygen atoms in total. The van der Waals surface area contributed by atoms with Crippen molar-refractivity contribution in [2.24, 2.45) is 0 Å². The molecule has 6 heteroatoms. The van der Waals surface area contributed by atoms with Crippen molar-refractivity contribution >= 4 is 35.0 Å². The summed E-state index contributed by atoms with van der Waals surface area (Å²) in [5, 5.41) is 6.43. The van der Waals surface area contributed by atoms with E-state index >= 15 is 0 Å². The maximum Gasteiger partial charge on any atom is 0.258 e. The molecule has 0 saturated carbocycles. The Hall–Kier alpha value is -3.12. The van der Waals surface area contributed by atoms with E-state index in [1.807, 2.05) is 76.2 Å². The minimum atomic E-state index is -0.226. The topological polar surface area (TPSA) is 71.1 Å². The normalized spacial score (nSPS) is 10.7. The molecule has 2 aromatic carbocycles. The maximum absolute atomic E-state index is 13.1. The van der Waals surface area contributed by atoms with Crippen LogP contribution in [0.5, 0.6) is 0 Å². The summed E-state index contributed by atoms with van der Waals surface area (Å²) in [6.07, 6.45) is 0.945. The predicted molar refractivity (Wildman–Crippen MR) is 133 cm³/mol. The molecule has 166 valence electrons. The third-order valence-corrected chi connectivity index (χ3v) is 6.26. The summed E-state index contributed by atoms with van der Waals surface area (Å²) in [6.45, 7) is 9.92. The molecule has 3 aromatic rings. The van der Waals surface area contributed by atoms with Gasteiger partial charge in [0.15, 0.2) is 0 Å². The van der Waals surface area contributed by atoms with E-state index < -0.39 is 0 Å². The van der Waals surface area contributed by atoms with Gasteiger partial charge in [0.25, 0.3) is 5.91 Å². The number of nitrogens with zero attached hydrogens (tertiary/aromatic N) is 1. The summed E-state index contributed by atoms with van der Waals surface area (Å²) < 4.78 is 0. The van der Waals surface area contributed by atoms with Gasteiger partial charge in [0, 0.05) is 17.1 Å². The molecule has 0 saturated heterocycles. The van der Waals surface area contributed by atoms with Crippen LogP contribution >= 0.6 is 11.8 Å². The number of anilines is 2. The van der Waals surface area contributed by atoms with Crippen molar-refractivity contribution in [2.45, 2.75) is 46.1 Å². The average molecular weight is 448 g/mol. The number of pyridine rings is 1. The van der Waals surface area contributed by atoms with Crippen LogP contribution in [0.25, 0.3) is 0 Å². The highest BCUT2D eigenvalue weighted by Gasteiger charge is 2.18. The predicted octanol–water partition coefficient (Wildman–Crippen LogP) is 5.86. The zero-order chi connectivity index (χ0) is 23.3. The standard InChI is InChI=1S/C26H29N3O2S/c1-6-20-8-11-21(12-9-20)29-25(31)24-18(4)13-19(5)27-26(24)32-15-23(30)28-22-10-7-16(2)17(3)14-22/h7-14H,6,15H2,1-5H3,(H,28,30)(H,29,31). The van der Waals surface area contributed by atoms with E-state index in [0.717, 1.165) is 34.6 Å². The molecule has 2 amide bonds. The molecule has 0 spiro atoms. The minimum absolute atomic E-state index is 0.138. The van der Waals surface area contributed by atoms with Crippen molar-refractivity contribution in [3.63, 3.8) is 0 Å². The Bertz CT molecular complexity index is 1140. The average Bonchev–Trinajstić information content (AvgIpc) is 2.75. The number of benzene rings is 2. The van der Waals surface area contributed by atoms with E-state index in [4.69, 9.17) is 0 Å². The van der Waals surface area contributed by atoms with Gasteiger partial charge in [0.05, 0.1) is 11.3 Å². The first kappa shape index (κ1) is 23.5. The Balaban J connectivity index is 1.73. The largest absolute Gasteiger partial charge is 0.325 e. The molecule has 1 aromatic heterocycles. The van der Waals surface area contributed by atoms with Gasteiger partial charge in [0.2, 0.25) is 5.91 Å². The van der Waals surface area contributed by atoms with Gasteiger partial charge in [-0.1, -0.05) is 36.9 Å². The van der Waals surface area contributed by atoms with Crippen LogP contribution in [0.4, 0.5) is 11.4 Å². The monoisotopic (exact) mass is 447 g/mol. The summed E-state index contributed by atoms with van der Waals surface area (Å²) >= 11 is 1.27. The van der Waals surface area contributed by atoms with Crippen molar-refractivity contribution < 1.29 is 9.59 Å². The van der Waals surface area contributed by atoms with Crippen LogP contribution < -0.4 is 10.6 Å². The molecule has 3 rings (SSSR count). The zero-order valence-electron chi connectivity index (χ0n) is 19.2. The third-order valence-electron chi connectivity index (χ3n) is 5.29. The Morgan fingerprint density at radius 3 is 2.19 bits per heavy atom. The first-order valence-corrected chi connectivity index (χ1v) is 11.6.